The van der Waals surface area contributed by atoms with Crippen LogP contribution in [-0.2, 0) is 6.61 Å². The van der Waals surface area contributed by atoms with Gasteiger partial charge in [0.1, 0.15) is 6.61 Å². The lowest BCUT2D eigenvalue weighted by Gasteiger charge is -2.12. The van der Waals surface area contributed by atoms with Crippen molar-refractivity contribution in [3.05, 3.63) is 93.5 Å². The molecule has 0 saturated carbocycles. The first-order chi connectivity index (χ1) is 14.1. The molecule has 0 fully saturated rings. The van der Waals surface area contributed by atoms with E-state index in [0.29, 0.717) is 33.7 Å². The Kier molecular flexibility index (Phi) is 7.11. The molecule has 1 amide bonds. The van der Waals surface area contributed by atoms with E-state index in [0.717, 1.165) is 11.1 Å². The molecule has 0 spiro atoms. The smallest absolute Gasteiger partial charge is 0.271 e. The van der Waals surface area contributed by atoms with Crippen LogP contribution in [0.25, 0.3) is 0 Å². The summed E-state index contributed by atoms with van der Waals surface area (Å²) in [6.45, 7) is 0.296. The summed E-state index contributed by atoms with van der Waals surface area (Å²) in [5.74, 6) is 0.793. The number of hydrazone groups is 1. The Morgan fingerprint density at radius 2 is 1.79 bits per heavy atom. The molecule has 3 aromatic carbocycles. The van der Waals surface area contributed by atoms with Gasteiger partial charge in [0.05, 0.1) is 13.3 Å². The number of amides is 1. The van der Waals surface area contributed by atoms with Crippen LogP contribution in [0, 0.1) is 0 Å². The second-order valence-corrected chi connectivity index (χ2v) is 6.84. The molecule has 3 aromatic rings. The van der Waals surface area contributed by atoms with Gasteiger partial charge in [-0.3, -0.25) is 4.79 Å². The second kappa shape index (κ2) is 9.96. The SMILES string of the molecule is COc1ccc(/C=N/NC(=O)c2ccc(Cl)cc2)cc1OCc1ccccc1Cl. The minimum Gasteiger partial charge on any atom is -0.493 e. The Morgan fingerprint density at radius 3 is 2.52 bits per heavy atom. The number of nitrogens with one attached hydrogen (secondary N) is 1. The zero-order chi connectivity index (χ0) is 20.6. The van der Waals surface area contributed by atoms with E-state index in [1.807, 2.05) is 24.3 Å². The van der Waals surface area contributed by atoms with Crippen LogP contribution >= 0.6 is 23.2 Å². The monoisotopic (exact) mass is 428 g/mol. The first kappa shape index (κ1) is 20.7. The quantitative estimate of drug-likeness (QED) is 0.407. The maximum atomic E-state index is 12.1. The van der Waals surface area contributed by atoms with Crippen LogP contribution in [0.5, 0.6) is 11.5 Å². The molecular weight excluding hydrogens is 411 g/mol. The van der Waals surface area contributed by atoms with Gasteiger partial charge >= 0.3 is 0 Å². The first-order valence-electron chi connectivity index (χ1n) is 8.70. The average molecular weight is 429 g/mol. The molecular formula is C22H18Cl2N2O3. The van der Waals surface area contributed by atoms with Crippen LogP contribution in [-0.4, -0.2) is 19.2 Å². The fourth-order valence-electron chi connectivity index (χ4n) is 2.49. The second-order valence-electron chi connectivity index (χ2n) is 6.00. The van der Waals surface area contributed by atoms with Crippen LogP contribution in [0.4, 0.5) is 0 Å². The topological polar surface area (TPSA) is 59.9 Å². The fourth-order valence-corrected chi connectivity index (χ4v) is 2.80. The Hall–Kier alpha value is -3.02. The number of nitrogens with zero attached hydrogens (tertiary/aromatic N) is 1. The van der Waals surface area contributed by atoms with Gasteiger partial charge in [-0.1, -0.05) is 41.4 Å². The van der Waals surface area contributed by atoms with Gasteiger partial charge in [-0.05, 0) is 54.1 Å². The highest BCUT2D eigenvalue weighted by atomic mass is 35.5. The van der Waals surface area contributed by atoms with Gasteiger partial charge < -0.3 is 9.47 Å². The number of methoxy groups -OCH3 is 1. The predicted molar refractivity (Wildman–Crippen MR) is 115 cm³/mol. The van der Waals surface area contributed by atoms with Gasteiger partial charge in [0.15, 0.2) is 11.5 Å². The minimum atomic E-state index is -0.332. The number of hydrogen-bond acceptors (Lipinski definition) is 4. The molecule has 0 aliphatic heterocycles. The minimum absolute atomic E-state index is 0.296. The van der Waals surface area contributed by atoms with Crippen molar-refractivity contribution in [3.63, 3.8) is 0 Å². The summed E-state index contributed by atoms with van der Waals surface area (Å²) < 4.78 is 11.2. The van der Waals surface area contributed by atoms with Crippen LogP contribution < -0.4 is 14.9 Å². The molecule has 7 heteroatoms. The summed E-state index contributed by atoms with van der Waals surface area (Å²) in [6.07, 6.45) is 1.52. The molecule has 0 atom stereocenters. The van der Waals surface area contributed by atoms with Gasteiger partial charge in [-0.2, -0.15) is 5.10 Å². The summed E-state index contributed by atoms with van der Waals surface area (Å²) in [7, 11) is 1.57. The maximum absolute atomic E-state index is 12.1. The lowest BCUT2D eigenvalue weighted by Crippen LogP contribution is -2.17. The molecule has 1 N–H and O–H groups in total. The standard InChI is InChI=1S/C22H18Cl2N2O3/c1-28-20-11-6-15(12-21(20)29-14-17-4-2-3-5-19(17)24)13-25-26-22(27)16-7-9-18(23)10-8-16/h2-13H,14H2,1H3,(H,26,27)/b25-13+. The zero-order valence-corrected chi connectivity index (χ0v) is 17.1. The maximum Gasteiger partial charge on any atom is 0.271 e. The Labute approximate surface area is 178 Å². The lowest BCUT2D eigenvalue weighted by atomic mass is 10.2. The molecule has 0 heterocycles. The molecule has 0 aromatic heterocycles. The number of carbonyl (C=O) groups excluding carboxylic acids is 1. The Morgan fingerprint density at radius 1 is 1.03 bits per heavy atom. The van der Waals surface area contributed by atoms with E-state index >= 15 is 0 Å². The molecule has 3 rings (SSSR count). The largest absolute Gasteiger partial charge is 0.493 e. The van der Waals surface area contributed by atoms with Crippen LogP contribution in [0.1, 0.15) is 21.5 Å². The number of ether oxygens (including phenoxy) is 2. The van der Waals surface area contributed by atoms with Crippen molar-refractivity contribution in [1.29, 1.82) is 0 Å². The van der Waals surface area contributed by atoms with Crippen molar-refractivity contribution >= 4 is 35.3 Å². The third-order valence-corrected chi connectivity index (χ3v) is 4.64. The number of benzene rings is 3. The summed E-state index contributed by atoms with van der Waals surface area (Å²) in [5, 5.41) is 5.19. The van der Waals surface area contributed by atoms with Gasteiger partial charge in [0, 0.05) is 21.2 Å². The molecule has 0 bridgehead atoms. The molecule has 0 aliphatic carbocycles. The normalized spacial score (nSPS) is 10.7. The van der Waals surface area contributed by atoms with Crippen LogP contribution in [0.2, 0.25) is 10.0 Å². The highest BCUT2D eigenvalue weighted by molar-refractivity contribution is 6.31. The molecule has 29 heavy (non-hydrogen) atoms. The van der Waals surface area contributed by atoms with Gasteiger partial charge in [0.25, 0.3) is 5.91 Å². The van der Waals surface area contributed by atoms with E-state index in [-0.39, 0.29) is 5.91 Å². The molecule has 0 aliphatic rings. The summed E-state index contributed by atoms with van der Waals surface area (Å²) in [5.41, 5.74) is 4.54. The molecule has 148 valence electrons. The van der Waals surface area contributed by atoms with Gasteiger partial charge in [0.2, 0.25) is 0 Å². The molecule has 0 radical (unpaired) electrons. The van der Waals surface area contributed by atoms with Crippen molar-refractivity contribution < 1.29 is 14.3 Å². The summed E-state index contributed by atoms with van der Waals surface area (Å²) in [4.78, 5) is 12.1. The van der Waals surface area contributed by atoms with E-state index in [4.69, 9.17) is 32.7 Å². The zero-order valence-electron chi connectivity index (χ0n) is 15.6. The van der Waals surface area contributed by atoms with E-state index in [1.54, 1.807) is 49.6 Å². The lowest BCUT2D eigenvalue weighted by molar-refractivity contribution is 0.0955. The van der Waals surface area contributed by atoms with Crippen molar-refractivity contribution in [3.8, 4) is 11.5 Å². The van der Waals surface area contributed by atoms with Gasteiger partial charge in [-0.25, -0.2) is 5.43 Å². The van der Waals surface area contributed by atoms with Crippen molar-refractivity contribution in [2.45, 2.75) is 6.61 Å². The Bertz CT molecular complexity index is 1020. The van der Waals surface area contributed by atoms with E-state index in [9.17, 15) is 4.79 Å². The third-order valence-electron chi connectivity index (χ3n) is 4.01. The number of rotatable bonds is 7. The average Bonchev–Trinajstić information content (AvgIpc) is 2.73. The number of hydrogen-bond donors (Lipinski definition) is 1. The van der Waals surface area contributed by atoms with E-state index in [1.165, 1.54) is 6.21 Å². The number of carbonyl (C=O) groups is 1. The summed E-state index contributed by atoms with van der Waals surface area (Å²) in [6, 6.07) is 19.4. The first-order valence-corrected chi connectivity index (χ1v) is 9.45. The highest BCUT2D eigenvalue weighted by Crippen LogP contribution is 2.29. The van der Waals surface area contributed by atoms with Gasteiger partial charge in [-0.15, -0.1) is 0 Å². The molecule has 5 nitrogen and oxygen atoms in total. The van der Waals surface area contributed by atoms with Crippen LogP contribution in [0.3, 0.4) is 0 Å². The van der Waals surface area contributed by atoms with Crippen LogP contribution in [0.15, 0.2) is 71.8 Å². The fraction of sp³-hybridized carbons (Fsp3) is 0.0909. The summed E-state index contributed by atoms with van der Waals surface area (Å²) >= 11 is 12.0. The molecule has 0 saturated heterocycles. The van der Waals surface area contributed by atoms with Crippen molar-refractivity contribution in [2.24, 2.45) is 5.10 Å². The molecule has 0 unspecified atom stereocenters. The highest BCUT2D eigenvalue weighted by Gasteiger charge is 2.08. The Balaban J connectivity index is 1.67. The van der Waals surface area contributed by atoms with Crippen molar-refractivity contribution in [2.75, 3.05) is 7.11 Å². The predicted octanol–water partition coefficient (Wildman–Crippen LogP) is 5.34. The van der Waals surface area contributed by atoms with E-state index in [2.05, 4.69) is 10.5 Å². The van der Waals surface area contributed by atoms with Crippen molar-refractivity contribution in [1.82, 2.24) is 5.43 Å². The third kappa shape index (κ3) is 5.73. The van der Waals surface area contributed by atoms with E-state index < -0.39 is 0 Å². The number of halogens is 2.